The average Bonchev–Trinajstić information content (AvgIpc) is 3.49. The number of nitrogens with one attached hydrogen (secondary N) is 1. The molecule has 290 valence electrons. The second-order valence-electron chi connectivity index (χ2n) is 12.3. The SMILES string of the molecule is COc1ccc(-c2ccc3nccc(C(=O)NCC(=O)N4CC(F)(F)C[C@H]4C#N)c3c2)c(OCCCN2CCN(C(=O)CN)CC2)c1.O=C(O)C(F)(F)F. The number of hydrogen-bond donors (Lipinski definition) is 3. The monoisotopic (exact) mass is 763 g/mol. The van der Waals surface area contributed by atoms with Gasteiger partial charge in [0.25, 0.3) is 11.8 Å². The summed E-state index contributed by atoms with van der Waals surface area (Å²) in [6.45, 7) is 2.75. The van der Waals surface area contributed by atoms with Crippen molar-refractivity contribution in [3.63, 3.8) is 0 Å². The molecular weight excluding hydrogens is 725 g/mol. The highest BCUT2D eigenvalue weighted by Crippen LogP contribution is 2.36. The van der Waals surface area contributed by atoms with Crippen molar-refractivity contribution in [1.29, 1.82) is 5.26 Å². The maximum atomic E-state index is 13.8. The number of carboxylic acids is 1. The van der Waals surface area contributed by atoms with E-state index in [-0.39, 0.29) is 18.0 Å². The number of pyridine rings is 1. The summed E-state index contributed by atoms with van der Waals surface area (Å²) in [5.74, 6) is -6.07. The van der Waals surface area contributed by atoms with Crippen LogP contribution in [0.25, 0.3) is 22.0 Å². The number of fused-ring (bicyclic) bond motifs is 1. The van der Waals surface area contributed by atoms with Crippen LogP contribution in [0.2, 0.25) is 0 Å². The molecule has 2 saturated heterocycles. The average molecular weight is 764 g/mol. The summed E-state index contributed by atoms with van der Waals surface area (Å²) in [6, 6.07) is 12.9. The number of aliphatic carboxylic acids is 1. The van der Waals surface area contributed by atoms with Crippen LogP contribution >= 0.6 is 0 Å². The summed E-state index contributed by atoms with van der Waals surface area (Å²) in [5.41, 5.74) is 7.79. The second-order valence-corrected chi connectivity index (χ2v) is 12.3. The molecule has 3 heterocycles. The molecule has 0 radical (unpaired) electrons. The molecule has 0 spiro atoms. The smallest absolute Gasteiger partial charge is 0.490 e. The molecule has 1 atom stereocenters. The number of benzene rings is 2. The first-order chi connectivity index (χ1) is 25.6. The van der Waals surface area contributed by atoms with Crippen molar-refractivity contribution in [2.24, 2.45) is 5.73 Å². The number of aromatic nitrogens is 1. The Kier molecular flexibility index (Phi) is 13.7. The molecule has 3 amide bonds. The Morgan fingerprint density at radius 2 is 1.78 bits per heavy atom. The van der Waals surface area contributed by atoms with Crippen molar-refractivity contribution in [3.8, 4) is 28.7 Å². The predicted octanol–water partition coefficient (Wildman–Crippen LogP) is 2.91. The molecule has 14 nitrogen and oxygen atoms in total. The van der Waals surface area contributed by atoms with Gasteiger partial charge in [-0.05, 0) is 42.3 Å². The van der Waals surface area contributed by atoms with Gasteiger partial charge < -0.3 is 35.4 Å². The molecule has 3 aromatic rings. The van der Waals surface area contributed by atoms with Crippen molar-refractivity contribution in [3.05, 3.63) is 54.2 Å². The predicted molar refractivity (Wildman–Crippen MR) is 183 cm³/mol. The van der Waals surface area contributed by atoms with E-state index in [1.54, 1.807) is 30.2 Å². The largest absolute Gasteiger partial charge is 0.497 e. The molecule has 0 aliphatic carbocycles. The summed E-state index contributed by atoms with van der Waals surface area (Å²) in [7, 11) is 1.57. The van der Waals surface area contributed by atoms with Crippen molar-refractivity contribution in [2.45, 2.75) is 31.0 Å². The number of hydrogen-bond acceptors (Lipinski definition) is 10. The van der Waals surface area contributed by atoms with Crippen LogP contribution in [0, 0.1) is 11.3 Å². The number of carbonyl (C=O) groups is 4. The van der Waals surface area contributed by atoms with Gasteiger partial charge in [0.2, 0.25) is 11.8 Å². The fourth-order valence-electron chi connectivity index (χ4n) is 5.87. The number of amides is 3. The van der Waals surface area contributed by atoms with E-state index in [1.807, 2.05) is 24.3 Å². The van der Waals surface area contributed by atoms with Crippen LogP contribution in [-0.4, -0.2) is 133 Å². The van der Waals surface area contributed by atoms with Crippen molar-refractivity contribution in [1.82, 2.24) is 25.0 Å². The standard InChI is InChI=1S/C33H37F2N7O5.C2HF3O2/c1-46-24-4-5-25(29(16-24)47-14-2-9-40-10-12-41(13-11-40)30(43)19-37)22-3-6-28-27(15-22)26(7-8-38-28)32(45)39-20-31(44)42-21-33(34,35)17-23(42)18-36;3-2(4,5)1(6)7/h3-8,15-16,23H,2,9-14,17,19-21,37H2,1H3,(H,39,45);(H,6,7)/t23-;/m0./s1. The highest BCUT2D eigenvalue weighted by Gasteiger charge is 2.47. The molecule has 2 aromatic carbocycles. The lowest BCUT2D eigenvalue weighted by Crippen LogP contribution is -2.50. The molecule has 2 fully saturated rings. The normalized spacial score (nSPS) is 16.9. The zero-order valence-electron chi connectivity index (χ0n) is 29.1. The highest BCUT2D eigenvalue weighted by molar-refractivity contribution is 6.07. The first kappa shape index (κ1) is 41.2. The maximum absolute atomic E-state index is 13.8. The fraction of sp³-hybridized carbons (Fsp3) is 0.429. The number of nitriles is 1. The molecule has 19 heteroatoms. The summed E-state index contributed by atoms with van der Waals surface area (Å²) < 4.78 is 71.0. The number of alkyl halides is 5. The molecule has 2 aliphatic heterocycles. The molecular formula is C35H38F5N7O7. The Balaban J connectivity index is 0.000000845. The Bertz CT molecular complexity index is 1880. The first-order valence-electron chi connectivity index (χ1n) is 16.6. The zero-order valence-corrected chi connectivity index (χ0v) is 29.1. The van der Waals surface area contributed by atoms with Crippen LogP contribution in [0.15, 0.2) is 48.7 Å². The van der Waals surface area contributed by atoms with Gasteiger partial charge in [-0.15, -0.1) is 0 Å². The third-order valence-electron chi connectivity index (χ3n) is 8.64. The lowest BCUT2D eigenvalue weighted by molar-refractivity contribution is -0.192. The van der Waals surface area contributed by atoms with Gasteiger partial charge in [0.15, 0.2) is 0 Å². The minimum Gasteiger partial charge on any atom is -0.497 e. The minimum absolute atomic E-state index is 0.0229. The number of carboxylic acid groups (broad SMARTS) is 1. The first-order valence-corrected chi connectivity index (χ1v) is 16.6. The van der Waals surface area contributed by atoms with Crippen LogP contribution in [0.3, 0.4) is 0 Å². The number of piperazine rings is 1. The number of methoxy groups -OCH3 is 1. The summed E-state index contributed by atoms with van der Waals surface area (Å²) >= 11 is 0. The minimum atomic E-state index is -5.08. The van der Waals surface area contributed by atoms with Gasteiger partial charge in [0, 0.05) is 62.4 Å². The fourth-order valence-corrected chi connectivity index (χ4v) is 5.87. The van der Waals surface area contributed by atoms with E-state index in [9.17, 15) is 41.6 Å². The van der Waals surface area contributed by atoms with Crippen LogP contribution in [0.5, 0.6) is 11.5 Å². The van der Waals surface area contributed by atoms with E-state index in [0.29, 0.717) is 42.1 Å². The van der Waals surface area contributed by atoms with Gasteiger partial charge in [0.1, 0.15) is 17.5 Å². The van der Waals surface area contributed by atoms with Gasteiger partial charge in [-0.25, -0.2) is 13.6 Å². The molecule has 2 aliphatic rings. The molecule has 0 unspecified atom stereocenters. The van der Waals surface area contributed by atoms with E-state index in [2.05, 4.69) is 15.2 Å². The third-order valence-corrected chi connectivity index (χ3v) is 8.64. The number of nitrogens with two attached hydrogens (primary N) is 1. The third kappa shape index (κ3) is 10.7. The molecule has 5 rings (SSSR count). The molecule has 0 saturated carbocycles. The quantitative estimate of drug-likeness (QED) is 0.192. The van der Waals surface area contributed by atoms with Crippen molar-refractivity contribution in [2.75, 3.05) is 66.1 Å². The number of ether oxygens (including phenoxy) is 2. The molecule has 1 aromatic heterocycles. The van der Waals surface area contributed by atoms with Gasteiger partial charge in [-0.2, -0.15) is 18.4 Å². The Labute approximate surface area is 306 Å². The van der Waals surface area contributed by atoms with E-state index in [0.717, 1.165) is 42.1 Å². The second kappa shape index (κ2) is 17.9. The van der Waals surface area contributed by atoms with Gasteiger partial charge in [0.05, 0.1) is 50.5 Å². The summed E-state index contributed by atoms with van der Waals surface area (Å²) in [4.78, 5) is 55.9. The number of nitrogens with zero attached hydrogens (tertiary/aromatic N) is 5. The van der Waals surface area contributed by atoms with Gasteiger partial charge in [-0.1, -0.05) is 6.07 Å². The van der Waals surface area contributed by atoms with Crippen LogP contribution < -0.4 is 20.5 Å². The Hall–Kier alpha value is -5.61. The number of likely N-dealkylation sites (tertiary alicyclic amines) is 1. The summed E-state index contributed by atoms with van der Waals surface area (Å²) in [6.07, 6.45) is -3.58. The van der Waals surface area contributed by atoms with E-state index in [1.165, 1.54) is 12.3 Å². The number of rotatable bonds is 11. The van der Waals surface area contributed by atoms with E-state index < -0.39 is 55.4 Å². The molecule has 54 heavy (non-hydrogen) atoms. The zero-order chi connectivity index (χ0) is 39.6. The van der Waals surface area contributed by atoms with Crippen LogP contribution in [0.4, 0.5) is 22.0 Å². The number of carbonyl (C=O) groups excluding carboxylic acids is 3. The summed E-state index contributed by atoms with van der Waals surface area (Å²) in [5, 5.41) is 19.4. The Morgan fingerprint density at radius 1 is 1.07 bits per heavy atom. The lowest BCUT2D eigenvalue weighted by Gasteiger charge is -2.34. The van der Waals surface area contributed by atoms with Crippen LogP contribution in [0.1, 0.15) is 23.2 Å². The lowest BCUT2D eigenvalue weighted by atomic mass is 9.99. The topological polar surface area (TPSA) is 191 Å². The van der Waals surface area contributed by atoms with Crippen LogP contribution in [-0.2, 0) is 14.4 Å². The Morgan fingerprint density at radius 3 is 2.41 bits per heavy atom. The van der Waals surface area contributed by atoms with Crippen molar-refractivity contribution < 1.29 is 55.7 Å². The van der Waals surface area contributed by atoms with Crippen molar-refractivity contribution >= 4 is 34.6 Å². The van der Waals surface area contributed by atoms with Gasteiger partial charge >= 0.3 is 12.1 Å². The highest BCUT2D eigenvalue weighted by atomic mass is 19.4. The van der Waals surface area contributed by atoms with E-state index in [4.69, 9.17) is 25.1 Å². The molecule has 4 N–H and O–H groups in total. The maximum Gasteiger partial charge on any atom is 0.490 e. The molecule has 0 bridgehead atoms. The van der Waals surface area contributed by atoms with E-state index >= 15 is 0 Å². The number of halogens is 5. The van der Waals surface area contributed by atoms with Gasteiger partial charge in [-0.3, -0.25) is 24.3 Å².